The Morgan fingerprint density at radius 2 is 1.77 bits per heavy atom. The molecule has 1 aromatic heterocycles. The van der Waals surface area contributed by atoms with E-state index in [0.717, 1.165) is 9.40 Å². The Morgan fingerprint density at radius 3 is 2.55 bits per heavy atom. The van der Waals surface area contributed by atoms with Crippen LogP contribution in [-0.4, -0.2) is 25.3 Å². The Hall–Kier alpha value is -1.96. The fraction of sp³-hybridized carbons (Fsp3) is 0.133. The molecule has 1 N–H and O–H groups in total. The Morgan fingerprint density at radius 1 is 1.05 bits per heavy atom. The lowest BCUT2D eigenvalue weighted by Crippen LogP contribution is -2.12. The Kier molecular flexibility index (Phi) is 3.86. The SMILES string of the molecule is O=c1c2ccccc2sc2cc(OCCS(=O)(=O)O)ccc12. The summed E-state index contributed by atoms with van der Waals surface area (Å²) in [7, 11) is -4.04. The van der Waals surface area contributed by atoms with E-state index in [-0.39, 0.29) is 12.0 Å². The van der Waals surface area contributed by atoms with Gasteiger partial charge in [-0.05, 0) is 30.3 Å². The van der Waals surface area contributed by atoms with E-state index in [1.807, 2.05) is 18.2 Å². The second-order valence-electron chi connectivity index (χ2n) is 4.72. The van der Waals surface area contributed by atoms with Crippen LogP contribution < -0.4 is 10.2 Å². The van der Waals surface area contributed by atoms with Gasteiger partial charge in [-0.25, -0.2) is 0 Å². The molecule has 0 saturated heterocycles. The third kappa shape index (κ3) is 3.11. The van der Waals surface area contributed by atoms with Crippen LogP contribution in [0.4, 0.5) is 0 Å². The zero-order valence-corrected chi connectivity index (χ0v) is 13.0. The standard InChI is InChI=1S/C15H12O5S2/c16-15-11-3-1-2-4-13(11)21-14-9-10(5-6-12(14)15)20-7-8-22(17,18)19/h1-6,9H,7-8H2,(H,17,18,19). The highest BCUT2D eigenvalue weighted by Crippen LogP contribution is 2.27. The zero-order valence-electron chi connectivity index (χ0n) is 11.4. The van der Waals surface area contributed by atoms with Crippen molar-refractivity contribution >= 4 is 41.6 Å². The average Bonchev–Trinajstić information content (AvgIpc) is 2.46. The minimum atomic E-state index is -4.04. The summed E-state index contributed by atoms with van der Waals surface area (Å²) in [5.74, 6) is -0.0130. The molecule has 0 amide bonds. The van der Waals surface area contributed by atoms with Crippen LogP contribution in [-0.2, 0) is 10.1 Å². The van der Waals surface area contributed by atoms with Crippen LogP contribution in [0.25, 0.3) is 20.2 Å². The van der Waals surface area contributed by atoms with Crippen LogP contribution in [0.3, 0.4) is 0 Å². The van der Waals surface area contributed by atoms with Gasteiger partial charge in [0.25, 0.3) is 10.1 Å². The summed E-state index contributed by atoms with van der Waals surface area (Å²) in [6, 6.07) is 12.4. The number of rotatable bonds is 4. The molecule has 0 spiro atoms. The first-order chi connectivity index (χ1) is 10.4. The molecule has 3 aromatic rings. The van der Waals surface area contributed by atoms with Crippen molar-refractivity contribution in [3.05, 3.63) is 52.7 Å². The van der Waals surface area contributed by atoms with Crippen LogP contribution in [0.15, 0.2) is 47.3 Å². The lowest BCUT2D eigenvalue weighted by molar-refractivity contribution is 0.336. The molecule has 1 heterocycles. The average molecular weight is 336 g/mol. The third-order valence-electron chi connectivity index (χ3n) is 3.16. The summed E-state index contributed by atoms with van der Waals surface area (Å²) < 4.78 is 37.0. The monoisotopic (exact) mass is 336 g/mol. The van der Waals surface area contributed by atoms with Gasteiger partial charge in [0.1, 0.15) is 18.1 Å². The van der Waals surface area contributed by atoms with Gasteiger partial charge >= 0.3 is 0 Å². The molecule has 0 bridgehead atoms. The van der Waals surface area contributed by atoms with E-state index in [9.17, 15) is 13.2 Å². The van der Waals surface area contributed by atoms with E-state index in [2.05, 4.69) is 0 Å². The number of hydrogen-bond donors (Lipinski definition) is 1. The quantitative estimate of drug-likeness (QED) is 0.585. The minimum Gasteiger partial charge on any atom is -0.492 e. The van der Waals surface area contributed by atoms with Gasteiger partial charge in [-0.1, -0.05) is 12.1 Å². The molecule has 5 nitrogen and oxygen atoms in total. The van der Waals surface area contributed by atoms with Crippen LogP contribution in [0.2, 0.25) is 0 Å². The molecule has 0 aliphatic rings. The molecule has 0 unspecified atom stereocenters. The molecular weight excluding hydrogens is 324 g/mol. The lowest BCUT2D eigenvalue weighted by Gasteiger charge is -2.06. The van der Waals surface area contributed by atoms with E-state index in [1.54, 1.807) is 24.3 Å². The topological polar surface area (TPSA) is 80.7 Å². The Labute approximate surface area is 130 Å². The van der Waals surface area contributed by atoms with Crippen molar-refractivity contribution in [2.24, 2.45) is 0 Å². The van der Waals surface area contributed by atoms with Gasteiger partial charge in [-0.15, -0.1) is 11.3 Å². The van der Waals surface area contributed by atoms with Gasteiger partial charge in [0.2, 0.25) is 0 Å². The number of ether oxygens (including phenoxy) is 1. The van der Waals surface area contributed by atoms with Crippen molar-refractivity contribution in [3.63, 3.8) is 0 Å². The number of hydrogen-bond acceptors (Lipinski definition) is 5. The summed E-state index contributed by atoms with van der Waals surface area (Å²) in [4.78, 5) is 12.4. The van der Waals surface area contributed by atoms with Crippen molar-refractivity contribution in [3.8, 4) is 5.75 Å². The largest absolute Gasteiger partial charge is 0.492 e. The van der Waals surface area contributed by atoms with Crippen LogP contribution >= 0.6 is 11.3 Å². The van der Waals surface area contributed by atoms with Crippen LogP contribution in [0.5, 0.6) is 5.75 Å². The predicted octanol–water partition coefficient (Wildman–Crippen LogP) is 2.68. The third-order valence-corrected chi connectivity index (χ3v) is 4.98. The van der Waals surface area contributed by atoms with Gasteiger partial charge < -0.3 is 4.74 Å². The Balaban J connectivity index is 1.99. The maximum atomic E-state index is 12.4. The summed E-state index contributed by atoms with van der Waals surface area (Å²) in [5.41, 5.74) is -0.0335. The highest BCUT2D eigenvalue weighted by molar-refractivity contribution is 7.85. The maximum absolute atomic E-state index is 12.4. The second kappa shape index (κ2) is 5.68. The molecule has 22 heavy (non-hydrogen) atoms. The van der Waals surface area contributed by atoms with Crippen LogP contribution in [0, 0.1) is 0 Å². The first kappa shape index (κ1) is 15.0. The van der Waals surface area contributed by atoms with E-state index >= 15 is 0 Å². The number of benzene rings is 2. The van der Waals surface area contributed by atoms with Crippen molar-refractivity contribution in [1.82, 2.24) is 0 Å². The molecule has 7 heteroatoms. The van der Waals surface area contributed by atoms with Gasteiger partial charge in [0, 0.05) is 20.2 Å². The highest BCUT2D eigenvalue weighted by Gasteiger charge is 2.08. The maximum Gasteiger partial charge on any atom is 0.268 e. The van der Waals surface area contributed by atoms with Crippen molar-refractivity contribution in [2.45, 2.75) is 0 Å². The van der Waals surface area contributed by atoms with E-state index < -0.39 is 15.9 Å². The fourth-order valence-electron chi connectivity index (χ4n) is 2.14. The minimum absolute atomic E-state index is 0.0335. The number of fused-ring (bicyclic) bond motifs is 2. The molecular formula is C15H12O5S2. The summed E-state index contributed by atoms with van der Waals surface area (Å²) in [6.07, 6.45) is 0. The van der Waals surface area contributed by atoms with Crippen LogP contribution in [0.1, 0.15) is 0 Å². The van der Waals surface area contributed by atoms with Crippen molar-refractivity contribution < 1.29 is 17.7 Å². The summed E-state index contributed by atoms with van der Waals surface area (Å²) >= 11 is 1.47. The summed E-state index contributed by atoms with van der Waals surface area (Å²) in [5, 5.41) is 1.28. The van der Waals surface area contributed by atoms with E-state index in [1.165, 1.54) is 11.3 Å². The van der Waals surface area contributed by atoms with Gasteiger partial charge in [-0.2, -0.15) is 8.42 Å². The molecule has 2 aromatic carbocycles. The van der Waals surface area contributed by atoms with E-state index in [4.69, 9.17) is 9.29 Å². The molecule has 0 aliphatic carbocycles. The van der Waals surface area contributed by atoms with Gasteiger partial charge in [0.15, 0.2) is 5.43 Å². The predicted molar refractivity (Wildman–Crippen MR) is 87.5 cm³/mol. The van der Waals surface area contributed by atoms with Crippen molar-refractivity contribution in [2.75, 3.05) is 12.4 Å². The van der Waals surface area contributed by atoms with Gasteiger partial charge in [-0.3, -0.25) is 9.35 Å². The first-order valence-electron chi connectivity index (χ1n) is 6.48. The normalized spacial score (nSPS) is 11.9. The van der Waals surface area contributed by atoms with Crippen molar-refractivity contribution in [1.29, 1.82) is 0 Å². The first-order valence-corrected chi connectivity index (χ1v) is 8.90. The zero-order chi connectivity index (χ0) is 15.7. The molecule has 114 valence electrons. The second-order valence-corrected chi connectivity index (χ2v) is 7.38. The molecule has 0 saturated carbocycles. The molecule has 3 rings (SSSR count). The molecule has 0 aliphatic heterocycles. The fourth-order valence-corrected chi connectivity index (χ4v) is 3.53. The van der Waals surface area contributed by atoms with E-state index in [0.29, 0.717) is 16.5 Å². The molecule has 0 fully saturated rings. The molecule has 0 atom stereocenters. The highest BCUT2D eigenvalue weighted by atomic mass is 32.2. The summed E-state index contributed by atoms with van der Waals surface area (Å²) in [6.45, 7) is -0.146. The Bertz CT molecular complexity index is 1010. The van der Waals surface area contributed by atoms with Gasteiger partial charge in [0.05, 0.1) is 0 Å². The smallest absolute Gasteiger partial charge is 0.268 e. The molecule has 0 radical (unpaired) electrons. The lowest BCUT2D eigenvalue weighted by atomic mass is 10.2.